The number of amides is 1. The summed E-state index contributed by atoms with van der Waals surface area (Å²) in [6.07, 6.45) is 3.18. The second-order valence-corrected chi connectivity index (χ2v) is 7.70. The Hall–Kier alpha value is -3.48. The zero-order valence-corrected chi connectivity index (χ0v) is 16.4. The Balaban J connectivity index is 1.26. The lowest BCUT2D eigenvalue weighted by molar-refractivity contribution is -0.132. The van der Waals surface area contributed by atoms with E-state index in [1.54, 1.807) is 23.0 Å². The van der Waals surface area contributed by atoms with Gasteiger partial charge in [0.1, 0.15) is 5.82 Å². The number of para-hydroxylation sites is 1. The second kappa shape index (κ2) is 7.40. The fourth-order valence-electron chi connectivity index (χ4n) is 4.22. The quantitative estimate of drug-likeness (QED) is 0.567. The Bertz CT molecular complexity index is 1320. The molecule has 0 spiro atoms. The number of hydrogen-bond acceptors (Lipinski definition) is 3. The van der Waals surface area contributed by atoms with Crippen molar-refractivity contribution in [1.29, 1.82) is 0 Å². The molecular formula is C23H21FN4O2. The van der Waals surface area contributed by atoms with E-state index in [1.807, 2.05) is 23.1 Å². The third-order valence-electron chi connectivity index (χ3n) is 5.81. The largest absolute Gasteiger partial charge is 0.358 e. The zero-order chi connectivity index (χ0) is 20.7. The first-order valence-electron chi connectivity index (χ1n) is 10.1. The van der Waals surface area contributed by atoms with Crippen molar-refractivity contribution in [3.63, 3.8) is 0 Å². The van der Waals surface area contributed by atoms with Gasteiger partial charge in [-0.1, -0.05) is 12.1 Å². The number of hydrogen-bond donors (Lipinski definition) is 1. The first kappa shape index (κ1) is 18.5. The number of H-pyrrole nitrogens is 1. The van der Waals surface area contributed by atoms with Crippen LogP contribution in [0, 0.1) is 5.82 Å². The predicted octanol–water partition coefficient (Wildman–Crippen LogP) is 3.38. The van der Waals surface area contributed by atoms with Crippen molar-refractivity contribution >= 4 is 27.7 Å². The lowest BCUT2D eigenvalue weighted by Gasteiger charge is -2.27. The van der Waals surface area contributed by atoms with Crippen LogP contribution in [0.2, 0.25) is 0 Å². The molecule has 1 aliphatic heterocycles. The fraction of sp³-hybridized carbons (Fsp3) is 0.261. The number of halogens is 1. The van der Waals surface area contributed by atoms with E-state index in [-0.39, 0.29) is 17.3 Å². The Morgan fingerprint density at radius 2 is 2.03 bits per heavy atom. The molecule has 7 heteroatoms. The number of aromatic amines is 1. The Kier molecular flexibility index (Phi) is 4.58. The predicted molar refractivity (Wildman–Crippen MR) is 113 cm³/mol. The van der Waals surface area contributed by atoms with E-state index in [1.165, 1.54) is 12.1 Å². The Morgan fingerprint density at radius 1 is 1.17 bits per heavy atom. The van der Waals surface area contributed by atoms with Gasteiger partial charge in [0.05, 0.1) is 17.2 Å². The van der Waals surface area contributed by atoms with E-state index < -0.39 is 0 Å². The van der Waals surface area contributed by atoms with Gasteiger partial charge in [0.25, 0.3) is 5.56 Å². The van der Waals surface area contributed by atoms with Gasteiger partial charge in [0, 0.05) is 54.6 Å². The third kappa shape index (κ3) is 3.26. The fourth-order valence-corrected chi connectivity index (χ4v) is 4.22. The smallest absolute Gasteiger partial charge is 0.261 e. The molecule has 0 atom stereocenters. The minimum absolute atomic E-state index is 0.0493. The highest BCUT2D eigenvalue weighted by Crippen LogP contribution is 2.28. The molecule has 1 amide bonds. The standard InChI is InChI=1S/C23H21FN4O2/c24-15-7-8-20-17(12-15)18-13-27(11-9-21(18)26-20)22(29)6-3-10-28-14-25-19-5-2-1-4-16(19)23(28)30/h1-2,4-5,7-8,12,14,26H,3,6,9-11,13H2. The minimum atomic E-state index is -0.276. The molecule has 0 aliphatic carbocycles. The Labute approximate surface area is 172 Å². The van der Waals surface area contributed by atoms with Crippen LogP contribution in [0.4, 0.5) is 4.39 Å². The van der Waals surface area contributed by atoms with Crippen molar-refractivity contribution in [2.45, 2.75) is 32.4 Å². The number of nitrogens with zero attached hydrogens (tertiary/aromatic N) is 3. The lowest BCUT2D eigenvalue weighted by Crippen LogP contribution is -2.35. The summed E-state index contributed by atoms with van der Waals surface area (Å²) >= 11 is 0. The molecule has 5 rings (SSSR count). The number of aryl methyl sites for hydroxylation is 1. The van der Waals surface area contributed by atoms with E-state index in [4.69, 9.17) is 0 Å². The number of carbonyl (C=O) groups excluding carboxylic acids is 1. The molecular weight excluding hydrogens is 383 g/mol. The van der Waals surface area contributed by atoms with Crippen LogP contribution in [0.5, 0.6) is 0 Å². The first-order chi connectivity index (χ1) is 14.6. The molecule has 0 fully saturated rings. The van der Waals surface area contributed by atoms with Gasteiger partial charge in [-0.15, -0.1) is 0 Å². The van der Waals surface area contributed by atoms with Crippen LogP contribution in [-0.2, 0) is 24.3 Å². The SMILES string of the molecule is O=C(CCCn1cnc2ccccc2c1=O)N1CCc2[nH]c3ccc(F)cc3c2C1. The molecule has 6 nitrogen and oxygen atoms in total. The van der Waals surface area contributed by atoms with Crippen LogP contribution < -0.4 is 5.56 Å². The topological polar surface area (TPSA) is 71.0 Å². The van der Waals surface area contributed by atoms with E-state index in [0.29, 0.717) is 43.4 Å². The van der Waals surface area contributed by atoms with Crippen LogP contribution in [0.15, 0.2) is 53.6 Å². The van der Waals surface area contributed by atoms with Crippen LogP contribution in [0.3, 0.4) is 0 Å². The summed E-state index contributed by atoms with van der Waals surface area (Å²) in [5, 5.41) is 1.43. The van der Waals surface area contributed by atoms with Gasteiger partial charge >= 0.3 is 0 Å². The molecule has 1 aliphatic rings. The van der Waals surface area contributed by atoms with Gasteiger partial charge in [-0.05, 0) is 36.8 Å². The molecule has 4 aromatic rings. The second-order valence-electron chi connectivity index (χ2n) is 7.70. The van der Waals surface area contributed by atoms with E-state index >= 15 is 0 Å². The molecule has 30 heavy (non-hydrogen) atoms. The molecule has 0 saturated heterocycles. The molecule has 2 aromatic carbocycles. The van der Waals surface area contributed by atoms with Crippen molar-refractivity contribution in [3.8, 4) is 0 Å². The van der Waals surface area contributed by atoms with Crippen LogP contribution in [0.25, 0.3) is 21.8 Å². The molecule has 1 N–H and O–H groups in total. The number of nitrogens with one attached hydrogen (secondary N) is 1. The first-order valence-corrected chi connectivity index (χ1v) is 10.1. The summed E-state index contributed by atoms with van der Waals surface area (Å²) in [5.74, 6) is -0.226. The van der Waals surface area contributed by atoms with Crippen molar-refractivity contribution in [3.05, 3.63) is 76.2 Å². The van der Waals surface area contributed by atoms with Gasteiger partial charge in [-0.3, -0.25) is 14.2 Å². The Morgan fingerprint density at radius 3 is 2.93 bits per heavy atom. The highest BCUT2D eigenvalue weighted by Gasteiger charge is 2.24. The van der Waals surface area contributed by atoms with Crippen molar-refractivity contribution in [1.82, 2.24) is 19.4 Å². The van der Waals surface area contributed by atoms with Crippen LogP contribution in [0.1, 0.15) is 24.1 Å². The molecule has 0 bridgehead atoms. The van der Waals surface area contributed by atoms with Gasteiger partial charge in [-0.25, -0.2) is 9.37 Å². The highest BCUT2D eigenvalue weighted by molar-refractivity contribution is 5.86. The number of benzene rings is 2. The summed E-state index contributed by atoms with van der Waals surface area (Å²) in [6.45, 7) is 1.56. The summed E-state index contributed by atoms with van der Waals surface area (Å²) in [5.41, 5.74) is 3.57. The maximum absolute atomic E-state index is 13.7. The van der Waals surface area contributed by atoms with Gasteiger partial charge in [-0.2, -0.15) is 0 Å². The van der Waals surface area contributed by atoms with Crippen LogP contribution in [-0.4, -0.2) is 31.9 Å². The average Bonchev–Trinajstić information content (AvgIpc) is 3.12. The number of rotatable bonds is 4. The summed E-state index contributed by atoms with van der Waals surface area (Å²) in [4.78, 5) is 34.8. The summed E-state index contributed by atoms with van der Waals surface area (Å²) < 4.78 is 15.2. The molecule has 0 radical (unpaired) electrons. The summed E-state index contributed by atoms with van der Waals surface area (Å²) in [6, 6.07) is 12.0. The molecule has 0 unspecified atom stereocenters. The van der Waals surface area contributed by atoms with E-state index in [9.17, 15) is 14.0 Å². The molecule has 0 saturated carbocycles. The van der Waals surface area contributed by atoms with Gasteiger partial charge in [0.15, 0.2) is 0 Å². The molecule has 2 aromatic heterocycles. The number of aromatic nitrogens is 3. The zero-order valence-electron chi connectivity index (χ0n) is 16.4. The van der Waals surface area contributed by atoms with E-state index in [0.717, 1.165) is 28.6 Å². The maximum Gasteiger partial charge on any atom is 0.261 e. The highest BCUT2D eigenvalue weighted by atomic mass is 19.1. The van der Waals surface area contributed by atoms with E-state index in [2.05, 4.69) is 9.97 Å². The monoisotopic (exact) mass is 404 g/mol. The minimum Gasteiger partial charge on any atom is -0.358 e. The lowest BCUT2D eigenvalue weighted by atomic mass is 10.0. The third-order valence-corrected chi connectivity index (χ3v) is 5.81. The van der Waals surface area contributed by atoms with Crippen LogP contribution >= 0.6 is 0 Å². The normalized spacial score (nSPS) is 13.7. The van der Waals surface area contributed by atoms with Crippen molar-refractivity contribution in [2.75, 3.05) is 6.54 Å². The van der Waals surface area contributed by atoms with Gasteiger partial charge < -0.3 is 9.88 Å². The number of fused-ring (bicyclic) bond motifs is 4. The molecule has 3 heterocycles. The van der Waals surface area contributed by atoms with Crippen molar-refractivity contribution < 1.29 is 9.18 Å². The summed E-state index contributed by atoms with van der Waals surface area (Å²) in [7, 11) is 0. The van der Waals surface area contributed by atoms with Crippen molar-refractivity contribution in [2.24, 2.45) is 0 Å². The average molecular weight is 404 g/mol. The maximum atomic E-state index is 13.7. The van der Waals surface area contributed by atoms with Gasteiger partial charge in [0.2, 0.25) is 5.91 Å². The number of carbonyl (C=O) groups is 1. The molecule has 152 valence electrons.